The van der Waals surface area contributed by atoms with Gasteiger partial charge in [-0.15, -0.1) is 0 Å². The summed E-state index contributed by atoms with van der Waals surface area (Å²) in [4.78, 5) is 38.0. The summed E-state index contributed by atoms with van der Waals surface area (Å²) in [5, 5.41) is 9.07. The highest BCUT2D eigenvalue weighted by Crippen LogP contribution is 2.26. The van der Waals surface area contributed by atoms with Crippen molar-refractivity contribution in [3.05, 3.63) is 77.6 Å². The van der Waals surface area contributed by atoms with Crippen LogP contribution >= 0.6 is 0 Å². The average molecular weight is 439 g/mol. The van der Waals surface area contributed by atoms with Crippen molar-refractivity contribution in [2.45, 2.75) is 20.0 Å². The highest BCUT2D eigenvalue weighted by atomic mass is 19.1. The van der Waals surface area contributed by atoms with Gasteiger partial charge in [0.2, 0.25) is 6.10 Å². The van der Waals surface area contributed by atoms with Gasteiger partial charge in [-0.25, -0.2) is 14.0 Å². The lowest BCUT2D eigenvalue weighted by atomic mass is 10.0. The van der Waals surface area contributed by atoms with Crippen LogP contribution in [0.15, 0.2) is 55.1 Å². The van der Waals surface area contributed by atoms with E-state index >= 15 is 0 Å². The molecule has 8 heteroatoms. The highest BCUT2D eigenvalue weighted by molar-refractivity contribution is 5.93. The number of aromatic carboxylic acids is 1. The number of carboxylic acids is 1. The Balaban J connectivity index is 1.91. The van der Waals surface area contributed by atoms with Gasteiger partial charge in [-0.05, 0) is 42.8 Å². The van der Waals surface area contributed by atoms with E-state index in [0.717, 1.165) is 0 Å². The summed E-state index contributed by atoms with van der Waals surface area (Å²) in [7, 11) is 0. The molecule has 1 aliphatic heterocycles. The zero-order valence-electron chi connectivity index (χ0n) is 17.9. The molecule has 0 aliphatic carbocycles. The summed E-state index contributed by atoms with van der Waals surface area (Å²) in [6, 6.07) is 10.1. The van der Waals surface area contributed by atoms with E-state index in [2.05, 4.69) is 6.58 Å². The van der Waals surface area contributed by atoms with Gasteiger partial charge < -0.3 is 14.7 Å². The first-order valence-electron chi connectivity index (χ1n) is 10.0. The third kappa shape index (κ3) is 4.91. The quantitative estimate of drug-likeness (QED) is 0.552. The van der Waals surface area contributed by atoms with Crippen LogP contribution in [-0.4, -0.2) is 57.7 Å². The number of aryl methyl sites for hydroxylation is 1. The van der Waals surface area contributed by atoms with E-state index in [-0.39, 0.29) is 36.2 Å². The predicted molar refractivity (Wildman–Crippen MR) is 115 cm³/mol. The smallest absolute Gasteiger partial charge is 0.411 e. The monoisotopic (exact) mass is 439 g/mol. The zero-order valence-corrected chi connectivity index (χ0v) is 17.9. The van der Waals surface area contributed by atoms with Gasteiger partial charge in [0.05, 0.1) is 12.1 Å². The lowest BCUT2D eigenvalue weighted by Gasteiger charge is -2.29. The summed E-state index contributed by atoms with van der Waals surface area (Å²) < 4.78 is 21.7. The fraction of sp³-hybridized carbons (Fsp3) is 0.250. The number of benzene rings is 2. The van der Waals surface area contributed by atoms with Crippen LogP contribution in [0.1, 0.15) is 34.5 Å². The van der Waals surface area contributed by atoms with E-state index in [1.54, 1.807) is 35.5 Å². The normalized spacial score (nSPS) is 14.7. The van der Waals surface area contributed by atoms with Gasteiger partial charge in [-0.1, -0.05) is 18.7 Å². The number of halogens is 1. The minimum atomic E-state index is -1.14. The minimum Gasteiger partial charge on any atom is -0.478 e. The van der Waals surface area contributed by atoms with E-state index in [1.807, 2.05) is 0 Å². The number of nitrogens with zero attached hydrogens (tertiary/aromatic N) is 2. The van der Waals surface area contributed by atoms with Crippen LogP contribution < -0.4 is 4.74 Å². The first-order chi connectivity index (χ1) is 15.2. The molecule has 166 valence electrons. The summed E-state index contributed by atoms with van der Waals surface area (Å²) in [5.74, 6) is -1.89. The topological polar surface area (TPSA) is 86.9 Å². The Morgan fingerprint density at radius 2 is 1.88 bits per heavy atom. The second-order valence-electron chi connectivity index (χ2n) is 7.53. The van der Waals surface area contributed by atoms with Crippen molar-refractivity contribution in [2.24, 2.45) is 0 Å². The van der Waals surface area contributed by atoms with Gasteiger partial charge in [-0.2, -0.15) is 4.58 Å². The molecule has 0 saturated carbocycles. The second-order valence-corrected chi connectivity index (χ2v) is 7.53. The molecule has 0 aromatic heterocycles. The zero-order chi connectivity index (χ0) is 23.4. The maximum atomic E-state index is 14.3. The molecule has 0 fully saturated rings. The van der Waals surface area contributed by atoms with Crippen LogP contribution in [0.3, 0.4) is 0 Å². The molecule has 3 rings (SSSR count). The number of carbonyl (C=O) groups excluding carboxylic acids is 2. The molecule has 7 nitrogen and oxygen atoms in total. The average Bonchev–Trinajstić information content (AvgIpc) is 2.78. The highest BCUT2D eigenvalue weighted by Gasteiger charge is 2.34. The number of hydrogen-bond acceptors (Lipinski definition) is 4. The van der Waals surface area contributed by atoms with Crippen molar-refractivity contribution in [2.75, 3.05) is 19.6 Å². The van der Waals surface area contributed by atoms with E-state index < -0.39 is 17.9 Å². The van der Waals surface area contributed by atoms with Gasteiger partial charge in [0.25, 0.3) is 5.91 Å². The first-order valence-corrected chi connectivity index (χ1v) is 10.0. The molecule has 1 N–H and O–H groups in total. The Labute approximate surface area is 185 Å². The third-order valence-corrected chi connectivity index (χ3v) is 5.30. The van der Waals surface area contributed by atoms with Crippen LogP contribution in [0, 0.1) is 12.7 Å². The molecule has 32 heavy (non-hydrogen) atoms. The summed E-state index contributed by atoms with van der Waals surface area (Å²) in [6.45, 7) is 7.67. The summed E-state index contributed by atoms with van der Waals surface area (Å²) in [6.07, 6.45) is 0.0817. The maximum absolute atomic E-state index is 14.3. The maximum Gasteiger partial charge on any atom is 0.411 e. The number of carboxylic acid groups (broad SMARTS) is 1. The van der Waals surface area contributed by atoms with Crippen molar-refractivity contribution in [1.29, 1.82) is 0 Å². The van der Waals surface area contributed by atoms with E-state index in [9.17, 15) is 18.8 Å². The van der Waals surface area contributed by atoms with E-state index in [1.165, 1.54) is 36.4 Å². The number of rotatable bonds is 6. The molecule has 0 saturated heterocycles. The Kier molecular flexibility index (Phi) is 6.82. The second kappa shape index (κ2) is 9.55. The van der Waals surface area contributed by atoms with Crippen LogP contribution in [0.25, 0.3) is 0 Å². The lowest BCUT2D eigenvalue weighted by molar-refractivity contribution is -0.450. The van der Waals surface area contributed by atoms with Crippen LogP contribution in [0.4, 0.5) is 4.39 Å². The fourth-order valence-electron chi connectivity index (χ4n) is 3.46. The molecular formula is C24H24FN2O5+. The predicted octanol–water partition coefficient (Wildman–Crippen LogP) is 2.98. The van der Waals surface area contributed by atoms with Gasteiger partial charge in [0.1, 0.15) is 18.1 Å². The Bertz CT molecular complexity index is 1110. The summed E-state index contributed by atoms with van der Waals surface area (Å²) in [5.41, 5.74) is 1.54. The van der Waals surface area contributed by atoms with Gasteiger partial charge in [-0.3, -0.25) is 4.79 Å². The molecule has 0 spiro atoms. The van der Waals surface area contributed by atoms with Gasteiger partial charge >= 0.3 is 11.9 Å². The van der Waals surface area contributed by atoms with E-state index in [4.69, 9.17) is 9.84 Å². The SMILES string of the molecule is C=CC(=O)[N+]1=C(C)CN(C(=O)[C@H](Oc2ccc(C(=O)O)cc2)c2ccc(C)c(F)c2)CC1. The number of ether oxygens (including phenoxy) is 1. The van der Waals surface area contributed by atoms with Crippen molar-refractivity contribution >= 4 is 23.5 Å². The lowest BCUT2D eigenvalue weighted by Crippen LogP contribution is -2.49. The number of amides is 2. The van der Waals surface area contributed by atoms with Crippen LogP contribution in [0.2, 0.25) is 0 Å². The fourth-order valence-corrected chi connectivity index (χ4v) is 3.46. The Morgan fingerprint density at radius 3 is 2.44 bits per heavy atom. The molecule has 1 aliphatic rings. The molecule has 2 aromatic carbocycles. The largest absolute Gasteiger partial charge is 0.478 e. The molecule has 0 unspecified atom stereocenters. The molecule has 0 bridgehead atoms. The van der Waals surface area contributed by atoms with E-state index in [0.29, 0.717) is 23.4 Å². The first kappa shape index (κ1) is 22.9. The summed E-state index contributed by atoms with van der Waals surface area (Å²) >= 11 is 0. The van der Waals surface area contributed by atoms with Crippen molar-refractivity contribution in [3.63, 3.8) is 0 Å². The third-order valence-electron chi connectivity index (χ3n) is 5.30. The van der Waals surface area contributed by atoms with Crippen molar-refractivity contribution in [3.8, 4) is 5.75 Å². The van der Waals surface area contributed by atoms with Crippen molar-refractivity contribution < 1.29 is 33.2 Å². The number of carbonyl (C=O) groups is 3. The van der Waals surface area contributed by atoms with Gasteiger partial charge in [0.15, 0.2) is 12.3 Å². The molecule has 1 heterocycles. The minimum absolute atomic E-state index is 0.0786. The standard InChI is InChI=1S/C24H23FN2O5/c1-4-21(28)27-12-11-26(14-16(27)3)23(29)22(18-6-5-15(2)20(25)13-18)32-19-9-7-17(8-10-19)24(30)31/h4-10,13,22H,1,11-12,14H2,2-3H3/p+1/t22-/m1/s1. The molecule has 2 aromatic rings. The Morgan fingerprint density at radius 1 is 1.19 bits per heavy atom. The van der Waals surface area contributed by atoms with Crippen molar-refractivity contribution in [1.82, 2.24) is 4.90 Å². The molecule has 1 atom stereocenters. The molecule has 2 amide bonds. The van der Waals surface area contributed by atoms with Crippen LogP contribution in [0.5, 0.6) is 5.75 Å². The van der Waals surface area contributed by atoms with Gasteiger partial charge in [0, 0.05) is 18.6 Å². The molecular weight excluding hydrogens is 415 g/mol. The molecule has 0 radical (unpaired) electrons. The Hall–Kier alpha value is -3.81. The number of hydrogen-bond donors (Lipinski definition) is 1. The van der Waals surface area contributed by atoms with Crippen LogP contribution in [-0.2, 0) is 9.59 Å².